The summed E-state index contributed by atoms with van der Waals surface area (Å²) in [5.41, 5.74) is 1.47. The lowest BCUT2D eigenvalue weighted by molar-refractivity contribution is -0.146. The van der Waals surface area contributed by atoms with Crippen LogP contribution in [-0.2, 0) is 16.1 Å². The van der Waals surface area contributed by atoms with Crippen molar-refractivity contribution in [3.63, 3.8) is 0 Å². The largest absolute Gasteiger partial charge is 0.482 e. The zero-order valence-corrected chi connectivity index (χ0v) is 14.0. The fourth-order valence-electron chi connectivity index (χ4n) is 1.79. The summed E-state index contributed by atoms with van der Waals surface area (Å²) in [7, 11) is 0. The van der Waals surface area contributed by atoms with Gasteiger partial charge in [0, 0.05) is 16.5 Å². The Bertz CT molecular complexity index is 702. The van der Waals surface area contributed by atoms with Gasteiger partial charge in [0.15, 0.2) is 6.61 Å². The van der Waals surface area contributed by atoms with Gasteiger partial charge in [-0.05, 0) is 36.8 Å². The molecule has 0 aliphatic rings. The Hall–Kier alpha value is -2.04. The molecule has 0 heterocycles. The summed E-state index contributed by atoms with van der Waals surface area (Å²) in [5.74, 6) is 0.0218. The van der Waals surface area contributed by atoms with Crippen molar-refractivity contribution in [3.05, 3.63) is 64.1 Å². The highest BCUT2D eigenvalue weighted by molar-refractivity contribution is 6.35. The van der Waals surface area contributed by atoms with Gasteiger partial charge in [-0.15, -0.1) is 0 Å². The maximum Gasteiger partial charge on any atom is 0.372 e. The average molecular weight is 352 g/mol. The van der Waals surface area contributed by atoms with Crippen LogP contribution in [0.1, 0.15) is 12.5 Å². The van der Waals surface area contributed by atoms with E-state index in [-0.39, 0.29) is 6.61 Å². The van der Waals surface area contributed by atoms with Crippen molar-refractivity contribution >= 4 is 34.9 Å². The van der Waals surface area contributed by atoms with Gasteiger partial charge in [0.05, 0.1) is 5.71 Å². The molecular formula is C17H15Cl2NO3. The molecule has 0 radical (unpaired) electrons. The molecule has 2 aromatic rings. The number of rotatable bonds is 6. The molecule has 4 nitrogen and oxygen atoms in total. The number of benzene rings is 2. The van der Waals surface area contributed by atoms with Crippen LogP contribution in [0.5, 0.6) is 5.75 Å². The molecule has 0 aliphatic heterocycles. The van der Waals surface area contributed by atoms with E-state index in [1.807, 2.05) is 24.3 Å². The quantitative estimate of drug-likeness (QED) is 0.436. The molecule has 23 heavy (non-hydrogen) atoms. The van der Waals surface area contributed by atoms with E-state index in [1.165, 1.54) is 0 Å². The van der Waals surface area contributed by atoms with Crippen LogP contribution < -0.4 is 4.74 Å². The highest BCUT2D eigenvalue weighted by Crippen LogP contribution is 2.21. The number of carbonyl (C=O) groups is 1. The van der Waals surface area contributed by atoms with E-state index < -0.39 is 5.97 Å². The Balaban J connectivity index is 1.83. The molecule has 6 heteroatoms. The van der Waals surface area contributed by atoms with Crippen LogP contribution in [0.3, 0.4) is 0 Å². The highest BCUT2D eigenvalue weighted by atomic mass is 35.5. The van der Waals surface area contributed by atoms with E-state index in [1.54, 1.807) is 31.2 Å². The van der Waals surface area contributed by atoms with Crippen LogP contribution >= 0.6 is 23.2 Å². The van der Waals surface area contributed by atoms with Gasteiger partial charge in [0.25, 0.3) is 0 Å². The number of nitrogens with zero attached hydrogens (tertiary/aromatic N) is 1. The van der Waals surface area contributed by atoms with E-state index in [9.17, 15) is 4.79 Å². The minimum atomic E-state index is -0.574. The van der Waals surface area contributed by atoms with E-state index in [0.29, 0.717) is 27.9 Å². The number of halogens is 2. The van der Waals surface area contributed by atoms with Gasteiger partial charge in [-0.25, -0.2) is 4.79 Å². The Labute approximate surface area is 144 Å². The average Bonchev–Trinajstić information content (AvgIpc) is 2.54. The third-order valence-electron chi connectivity index (χ3n) is 2.86. The molecule has 120 valence electrons. The maximum atomic E-state index is 11.6. The normalized spacial score (nSPS) is 11.2. The third-order valence-corrected chi connectivity index (χ3v) is 3.45. The van der Waals surface area contributed by atoms with Crippen LogP contribution in [0.25, 0.3) is 0 Å². The lowest BCUT2D eigenvalue weighted by Crippen LogP contribution is -2.13. The fourth-order valence-corrected chi connectivity index (χ4v) is 2.26. The van der Waals surface area contributed by atoms with E-state index >= 15 is 0 Å². The molecular weight excluding hydrogens is 337 g/mol. The van der Waals surface area contributed by atoms with Gasteiger partial charge in [0.2, 0.25) is 0 Å². The molecule has 0 spiro atoms. The summed E-state index contributed by atoms with van der Waals surface area (Å²) in [4.78, 5) is 16.4. The molecule has 0 aromatic heterocycles. The third kappa shape index (κ3) is 5.93. The molecule has 2 rings (SSSR count). The first kappa shape index (κ1) is 17.3. The monoisotopic (exact) mass is 351 g/mol. The second-order valence-electron chi connectivity index (χ2n) is 4.80. The highest BCUT2D eigenvalue weighted by Gasteiger charge is 2.06. The first-order valence-electron chi connectivity index (χ1n) is 6.89. The van der Waals surface area contributed by atoms with E-state index in [0.717, 1.165) is 5.56 Å². The lowest BCUT2D eigenvalue weighted by atomic mass is 10.1. The van der Waals surface area contributed by atoms with Crippen molar-refractivity contribution in [1.29, 1.82) is 0 Å². The van der Waals surface area contributed by atoms with Crippen molar-refractivity contribution in [2.75, 3.05) is 6.61 Å². The predicted octanol–water partition coefficient (Wildman–Crippen LogP) is 4.53. The summed E-state index contributed by atoms with van der Waals surface area (Å²) in [6, 6.07) is 14.2. The molecule has 0 aliphatic carbocycles. The van der Waals surface area contributed by atoms with Gasteiger partial charge in [-0.3, -0.25) is 0 Å². The summed E-state index contributed by atoms with van der Waals surface area (Å²) < 4.78 is 5.27. The van der Waals surface area contributed by atoms with Crippen molar-refractivity contribution in [3.8, 4) is 5.75 Å². The summed E-state index contributed by atoms with van der Waals surface area (Å²) >= 11 is 11.9. The number of oxime groups is 1. The SMILES string of the molecule is C/C(Cc1ccc(Cl)cc1Cl)=N\OC(=O)COc1ccccc1. The second-order valence-corrected chi connectivity index (χ2v) is 5.65. The first-order chi connectivity index (χ1) is 11.0. The van der Waals surface area contributed by atoms with Crippen LogP contribution in [0.2, 0.25) is 10.0 Å². The number of para-hydroxylation sites is 1. The Kier molecular flexibility index (Phi) is 6.44. The standard InChI is InChI=1S/C17H15Cl2NO3/c1-12(9-13-7-8-14(18)10-16(13)19)20-23-17(21)11-22-15-5-3-2-4-6-15/h2-8,10H,9,11H2,1H3/b20-12+. The van der Waals surface area contributed by atoms with Crippen molar-refractivity contribution in [2.45, 2.75) is 13.3 Å². The van der Waals surface area contributed by atoms with E-state index in [4.69, 9.17) is 32.8 Å². The molecule has 0 fully saturated rings. The topological polar surface area (TPSA) is 47.9 Å². The zero-order valence-electron chi connectivity index (χ0n) is 12.5. The van der Waals surface area contributed by atoms with Crippen LogP contribution in [0.4, 0.5) is 0 Å². The molecule has 0 saturated heterocycles. The zero-order chi connectivity index (χ0) is 16.7. The minimum absolute atomic E-state index is 0.206. The van der Waals surface area contributed by atoms with Gasteiger partial charge >= 0.3 is 5.97 Å². The number of ether oxygens (including phenoxy) is 1. The van der Waals surface area contributed by atoms with Gasteiger partial charge in [-0.1, -0.05) is 52.6 Å². The first-order valence-corrected chi connectivity index (χ1v) is 7.65. The maximum absolute atomic E-state index is 11.6. The van der Waals surface area contributed by atoms with Crippen molar-refractivity contribution in [2.24, 2.45) is 5.16 Å². The molecule has 0 atom stereocenters. The molecule has 0 N–H and O–H groups in total. The van der Waals surface area contributed by atoms with Crippen LogP contribution in [0.15, 0.2) is 53.7 Å². The minimum Gasteiger partial charge on any atom is -0.482 e. The molecule has 0 amide bonds. The molecule has 0 saturated carbocycles. The van der Waals surface area contributed by atoms with Crippen LogP contribution in [-0.4, -0.2) is 18.3 Å². The van der Waals surface area contributed by atoms with Crippen molar-refractivity contribution in [1.82, 2.24) is 0 Å². The van der Waals surface area contributed by atoms with Crippen LogP contribution in [0, 0.1) is 0 Å². The second kappa shape index (κ2) is 8.56. The molecule has 2 aromatic carbocycles. The number of hydrogen-bond donors (Lipinski definition) is 0. The smallest absolute Gasteiger partial charge is 0.372 e. The van der Waals surface area contributed by atoms with E-state index in [2.05, 4.69) is 5.16 Å². The fraction of sp³-hybridized carbons (Fsp3) is 0.176. The van der Waals surface area contributed by atoms with Gasteiger partial charge in [-0.2, -0.15) is 0 Å². The Morgan fingerprint density at radius 2 is 1.87 bits per heavy atom. The summed E-state index contributed by atoms with van der Waals surface area (Å²) in [5, 5.41) is 4.91. The lowest BCUT2D eigenvalue weighted by Gasteiger charge is -2.05. The van der Waals surface area contributed by atoms with Gasteiger partial charge in [0.1, 0.15) is 5.75 Å². The Morgan fingerprint density at radius 1 is 1.13 bits per heavy atom. The number of hydrogen-bond acceptors (Lipinski definition) is 4. The van der Waals surface area contributed by atoms with Crippen molar-refractivity contribution < 1.29 is 14.4 Å². The Morgan fingerprint density at radius 3 is 2.57 bits per heavy atom. The number of carbonyl (C=O) groups excluding carboxylic acids is 1. The summed E-state index contributed by atoms with van der Waals surface area (Å²) in [6.45, 7) is 1.54. The van der Waals surface area contributed by atoms with Gasteiger partial charge < -0.3 is 9.57 Å². The predicted molar refractivity (Wildman–Crippen MR) is 91.3 cm³/mol. The molecule has 0 unspecified atom stereocenters. The molecule has 0 bridgehead atoms. The summed E-state index contributed by atoms with van der Waals surface area (Å²) in [6.07, 6.45) is 0.461.